The molecule has 2 spiro atoms. The number of nitrogens with one attached hydrogen (secondary N) is 1. The van der Waals surface area contributed by atoms with Gasteiger partial charge in [0.25, 0.3) is 0 Å². The summed E-state index contributed by atoms with van der Waals surface area (Å²) in [6, 6.07) is 0. The Bertz CT molecular complexity index is 1730. The third-order valence-corrected chi connectivity index (χ3v) is 30.1. The fourth-order valence-electron chi connectivity index (χ4n) is 10.2. The summed E-state index contributed by atoms with van der Waals surface area (Å²) in [5.41, 5.74) is -0.921. The van der Waals surface area contributed by atoms with E-state index in [4.69, 9.17) is 23.4 Å². The largest absolute Gasteiger partial charge is 0.414 e. The molecule has 7 heterocycles. The molecule has 7 aliphatic heterocycles. The van der Waals surface area contributed by atoms with Gasteiger partial charge in [0.05, 0.1) is 82.7 Å². The first-order valence-electron chi connectivity index (χ1n) is 28.7. The van der Waals surface area contributed by atoms with Crippen molar-refractivity contribution < 1.29 is 63.3 Å². The quantitative estimate of drug-likeness (QED) is 0.0745. The predicted octanol–water partition coefficient (Wildman–Crippen LogP) is 5.32. The third-order valence-electron chi connectivity index (χ3n) is 19.0. The first-order valence-corrected chi connectivity index (χ1v) is 36.5. The average Bonchev–Trinajstić information content (AvgIpc) is 3.93. The summed E-state index contributed by atoms with van der Waals surface area (Å²) < 4.78 is 30.9. The normalized spacial score (nSPS) is 25.7. The summed E-state index contributed by atoms with van der Waals surface area (Å²) in [5, 5.41) is 61.3. The molecule has 0 aromatic carbocycles. The number of piperidine rings is 5. The molecule has 0 bridgehead atoms. The van der Waals surface area contributed by atoms with Crippen LogP contribution in [-0.2, 0) is 32.7 Å². The van der Waals surface area contributed by atoms with Crippen molar-refractivity contribution in [2.45, 2.75) is 180 Å². The van der Waals surface area contributed by atoms with Gasteiger partial charge >= 0.3 is 0 Å². The second kappa shape index (κ2) is 34.0. The number of carbonyl (C=O) groups excluding carboxylic acids is 3. The maximum absolute atomic E-state index is 12.2. The molecule has 0 aliphatic carbocycles. The Morgan fingerprint density at radius 2 is 1.05 bits per heavy atom. The van der Waals surface area contributed by atoms with Crippen molar-refractivity contribution in [1.29, 1.82) is 0 Å². The van der Waals surface area contributed by atoms with E-state index < -0.39 is 39.7 Å². The molecule has 0 radical (unpaired) electrons. The van der Waals surface area contributed by atoms with Crippen LogP contribution in [0.4, 0.5) is 0 Å². The first kappa shape index (κ1) is 74.7. The number of Topliss-reactive ketones (excluding diaryl/α,β-unsaturated/α-hetero) is 2. The zero-order valence-electron chi connectivity index (χ0n) is 50.4. The lowest BCUT2D eigenvalue weighted by Crippen LogP contribution is -2.52. The highest BCUT2D eigenvalue weighted by Crippen LogP contribution is 2.43. The van der Waals surface area contributed by atoms with Crippen molar-refractivity contribution in [3.05, 3.63) is 0 Å². The van der Waals surface area contributed by atoms with E-state index in [9.17, 15) is 39.9 Å². The van der Waals surface area contributed by atoms with Gasteiger partial charge in [-0.05, 0) is 127 Å². The van der Waals surface area contributed by atoms with Gasteiger partial charge in [-0.3, -0.25) is 28.3 Å². The van der Waals surface area contributed by atoms with Crippen LogP contribution >= 0.6 is 37.6 Å². The maximum atomic E-state index is 12.2. The van der Waals surface area contributed by atoms with Crippen LogP contribution in [0, 0.1) is 27.6 Å². The maximum Gasteiger partial charge on any atom is 0.192 e. The Balaban J connectivity index is 0.000000327. The van der Waals surface area contributed by atoms with E-state index in [0.717, 1.165) is 136 Å². The Hall–Kier alpha value is 0.564. The van der Waals surface area contributed by atoms with E-state index in [-0.39, 0.29) is 65.3 Å². The molecule has 7 fully saturated rings. The number of hydrogen-bond donors (Lipinski definition) is 7. The van der Waals surface area contributed by atoms with Crippen LogP contribution in [0.15, 0.2) is 0 Å². The highest BCUT2D eigenvalue weighted by atomic mass is 31.0. The second-order valence-electron chi connectivity index (χ2n) is 26.3. The van der Waals surface area contributed by atoms with E-state index >= 15 is 0 Å². The lowest BCUT2D eigenvalue weighted by molar-refractivity contribution is -0.139. The van der Waals surface area contributed by atoms with Crippen LogP contribution in [0.25, 0.3) is 0 Å². The molecule has 7 aliphatic rings. The summed E-state index contributed by atoms with van der Waals surface area (Å²) in [4.78, 5) is 33.1. The van der Waals surface area contributed by atoms with E-state index in [2.05, 4.69) is 129 Å². The minimum atomic E-state index is -1.90. The molecule has 7 rings (SSSR count). The van der Waals surface area contributed by atoms with Crippen molar-refractivity contribution in [2.75, 3.05) is 118 Å². The number of aliphatic hydroxyl groups is 6. The number of aliphatic hydroxyl groups excluding tert-OH is 6. The molecular formula is C54H113N5O13P4Si2. The van der Waals surface area contributed by atoms with Crippen LogP contribution in [0.3, 0.4) is 0 Å². The molecule has 18 nitrogen and oxygen atoms in total. The Labute approximate surface area is 483 Å². The minimum Gasteiger partial charge on any atom is -0.414 e. The van der Waals surface area contributed by atoms with Crippen molar-refractivity contribution >= 4 is 72.0 Å². The highest BCUT2D eigenvalue weighted by Gasteiger charge is 2.48. The van der Waals surface area contributed by atoms with Crippen molar-refractivity contribution in [1.82, 2.24) is 24.0 Å². The zero-order valence-corrected chi connectivity index (χ0v) is 57.0. The molecule has 24 heteroatoms. The fraction of sp³-hybridized carbons (Fsp3) is 0.944. The highest BCUT2D eigenvalue weighted by molar-refractivity contribution is 7.13. The first-order chi connectivity index (χ1) is 36.1. The number of rotatable bonds is 12. The number of carbonyl (C=O) groups is 3. The van der Waals surface area contributed by atoms with Gasteiger partial charge in [0.2, 0.25) is 0 Å². The molecule has 0 aromatic heterocycles. The van der Waals surface area contributed by atoms with Crippen molar-refractivity contribution in [3.63, 3.8) is 0 Å². The van der Waals surface area contributed by atoms with Crippen molar-refractivity contribution in [3.8, 4) is 0 Å². The molecule has 7 saturated heterocycles. The van der Waals surface area contributed by atoms with Crippen molar-refractivity contribution in [2.24, 2.45) is 27.6 Å². The Morgan fingerprint density at radius 3 is 1.41 bits per heavy atom. The van der Waals surface area contributed by atoms with Crippen LogP contribution in [0.5, 0.6) is 0 Å². The molecule has 0 saturated carbocycles. The van der Waals surface area contributed by atoms with Gasteiger partial charge < -0.3 is 59.1 Å². The van der Waals surface area contributed by atoms with E-state index in [1.165, 1.54) is 0 Å². The van der Waals surface area contributed by atoms with Crippen LogP contribution in [-0.4, -0.2) is 227 Å². The Kier molecular flexibility index (Phi) is 32.6. The number of nitrogens with zero attached hydrogens (tertiary/aromatic N) is 4. The lowest BCUT2D eigenvalue weighted by atomic mass is 9.71. The fourth-order valence-corrected chi connectivity index (χ4v) is 13.2. The summed E-state index contributed by atoms with van der Waals surface area (Å²) in [5.74, 6) is 0.793. The number of ketones is 2. The molecule has 460 valence electrons. The van der Waals surface area contributed by atoms with Gasteiger partial charge in [-0.15, -0.1) is 0 Å². The monoisotopic (exact) mass is 1220 g/mol. The molecule has 8 atom stereocenters. The average molecular weight is 1220 g/mol. The molecular weight excluding hydrogens is 1110 g/mol. The van der Waals surface area contributed by atoms with E-state index in [1.54, 1.807) is 13.8 Å². The Morgan fingerprint density at radius 1 is 0.654 bits per heavy atom. The molecule has 0 amide bonds. The second-order valence-corrected chi connectivity index (χ2v) is 38.9. The van der Waals surface area contributed by atoms with Gasteiger partial charge in [0.1, 0.15) is 17.9 Å². The minimum absolute atomic E-state index is 0.0484. The van der Waals surface area contributed by atoms with E-state index in [0.29, 0.717) is 37.8 Å². The van der Waals surface area contributed by atoms with Gasteiger partial charge in [-0.1, -0.05) is 79.1 Å². The molecule has 8 unspecified atom stereocenters. The summed E-state index contributed by atoms with van der Waals surface area (Å²) in [6.45, 7) is 37.3. The summed E-state index contributed by atoms with van der Waals surface area (Å²) in [6.07, 6.45) is 8.08. The van der Waals surface area contributed by atoms with Gasteiger partial charge in [-0.25, -0.2) is 0 Å². The van der Waals surface area contributed by atoms with Crippen LogP contribution < -0.4 is 5.32 Å². The SMILES string of the molecule is CC(=O)C1(C(O)CO[Si](C)(C)C(C)(C)C)CCN(P)CC1.CC(=O)C1CCN(P)CC1.CC(C)(C)[Si](C)(C)OCC=O.OC1COCC12CCN(P)CC2.OC1COCC12CCNCC2.OCC(O)C1(CO)CCN(P)CC1. The molecule has 0 aromatic rings. The third kappa shape index (κ3) is 22.8. The number of aldehydes is 1. The smallest absolute Gasteiger partial charge is 0.192 e. The van der Waals surface area contributed by atoms with Crippen LogP contribution in [0.2, 0.25) is 36.3 Å². The lowest BCUT2D eigenvalue weighted by Gasteiger charge is -2.43. The zero-order chi connectivity index (χ0) is 59.4. The number of hydrogen-bond acceptors (Lipinski definition) is 18. The van der Waals surface area contributed by atoms with Crippen LogP contribution in [0.1, 0.15) is 120 Å². The summed E-state index contributed by atoms with van der Waals surface area (Å²) >= 11 is 0. The van der Waals surface area contributed by atoms with Gasteiger partial charge in [0.15, 0.2) is 16.6 Å². The standard InChI is InChI=1S/C15H32NO3PSi.C8H18NO3P.C8H16NO2P.C8H15NO2.C8H18O2Si.C7H14NOP/c1-12(17)15(7-9-16(20)10-8-15)13(18)11-19-21(5,6)14(2,3)4;10-5-7(12)8(6-11)1-3-9(13)4-2-8;10-7-5-11-6-8(7)1-3-9(12)4-2-8;10-7-5-11-6-8(7)1-3-9-4-2-8;1-8(2,3)11(4,5)10-7-6-9;1-6(9)7-2-4-8(10)5-3-7/h13,18H,7-11,20H2,1-6H3;7,10-12H,1-6,13H2;7,10H,1-6,12H2;7,9-10H,1-6H2;6H,7H2,1-5H3;7H,2-5,10H2,1H3. The topological polar surface area (TPSA) is 234 Å². The molecule has 7 N–H and O–H groups in total. The number of ether oxygens (including phenoxy) is 2. The van der Waals surface area contributed by atoms with E-state index in [1.807, 2.05) is 0 Å². The van der Waals surface area contributed by atoms with Gasteiger partial charge in [0, 0.05) is 74.5 Å². The predicted molar refractivity (Wildman–Crippen MR) is 331 cm³/mol. The molecule has 78 heavy (non-hydrogen) atoms. The van der Waals surface area contributed by atoms with Gasteiger partial charge in [-0.2, -0.15) is 0 Å². The summed E-state index contributed by atoms with van der Waals surface area (Å²) in [7, 11) is 7.13.